The van der Waals surface area contributed by atoms with Crippen LogP contribution in [0.2, 0.25) is 0 Å². The zero-order valence-corrected chi connectivity index (χ0v) is 9.80. The van der Waals surface area contributed by atoms with Crippen LogP contribution in [0.4, 0.5) is 0 Å². The molecule has 0 radical (unpaired) electrons. The van der Waals surface area contributed by atoms with E-state index in [4.69, 9.17) is 0 Å². The number of rotatable bonds is 3. The zero-order chi connectivity index (χ0) is 10.7. The Hall–Kier alpha value is -0.680. The number of aromatic nitrogens is 2. The smallest absolute Gasteiger partial charge is 0.0945 e. The lowest BCUT2D eigenvalue weighted by atomic mass is 10.1. The summed E-state index contributed by atoms with van der Waals surface area (Å²) in [5, 5.41) is 3.49. The maximum atomic E-state index is 11.2. The van der Waals surface area contributed by atoms with E-state index in [1.54, 1.807) is 0 Å². The first kappa shape index (κ1) is 10.8. The molecule has 0 spiro atoms. The highest BCUT2D eigenvalue weighted by Crippen LogP contribution is 2.09. The Labute approximate surface area is 92.5 Å². The van der Waals surface area contributed by atoms with Crippen LogP contribution < -0.4 is 5.32 Å². The van der Waals surface area contributed by atoms with Gasteiger partial charge in [-0.05, 0) is 12.8 Å². The largest absolute Gasteiger partial charge is 0.337 e. The first-order chi connectivity index (χ1) is 7.25. The van der Waals surface area contributed by atoms with E-state index in [9.17, 15) is 4.21 Å². The van der Waals surface area contributed by atoms with E-state index in [1.807, 2.05) is 24.1 Å². The molecule has 1 aromatic rings. The summed E-state index contributed by atoms with van der Waals surface area (Å²) in [5.41, 5.74) is 1.20. The minimum atomic E-state index is -0.563. The second kappa shape index (κ2) is 4.90. The summed E-state index contributed by atoms with van der Waals surface area (Å²) >= 11 is 0. The van der Waals surface area contributed by atoms with Crippen molar-refractivity contribution in [2.45, 2.75) is 25.4 Å². The molecule has 1 aliphatic rings. The topological polar surface area (TPSA) is 46.9 Å². The molecule has 0 saturated carbocycles. The lowest BCUT2D eigenvalue weighted by Crippen LogP contribution is -2.35. The van der Waals surface area contributed by atoms with Gasteiger partial charge in [0.05, 0.1) is 12.0 Å². The third kappa shape index (κ3) is 2.89. The molecule has 0 aliphatic carbocycles. The number of nitrogens with zero attached hydrogens (tertiary/aromatic N) is 2. The van der Waals surface area contributed by atoms with E-state index >= 15 is 0 Å². The van der Waals surface area contributed by atoms with E-state index in [0.717, 1.165) is 30.9 Å². The molecule has 2 rings (SSSR count). The van der Waals surface area contributed by atoms with Crippen LogP contribution in [-0.2, 0) is 24.4 Å². The third-order valence-electron chi connectivity index (χ3n) is 2.88. The van der Waals surface area contributed by atoms with E-state index in [1.165, 1.54) is 5.69 Å². The van der Waals surface area contributed by atoms with Gasteiger partial charge in [0.15, 0.2) is 0 Å². The van der Waals surface area contributed by atoms with Gasteiger partial charge in [0.2, 0.25) is 0 Å². The monoisotopic (exact) mass is 227 g/mol. The Morgan fingerprint density at radius 1 is 1.60 bits per heavy atom. The summed E-state index contributed by atoms with van der Waals surface area (Å²) in [7, 11) is 1.44. The second-order valence-electron chi connectivity index (χ2n) is 4.00. The van der Waals surface area contributed by atoms with Crippen LogP contribution in [-0.4, -0.2) is 31.3 Å². The zero-order valence-electron chi connectivity index (χ0n) is 8.98. The van der Waals surface area contributed by atoms with Gasteiger partial charge < -0.3 is 9.88 Å². The van der Waals surface area contributed by atoms with Gasteiger partial charge in [-0.1, -0.05) is 0 Å². The third-order valence-corrected chi connectivity index (χ3v) is 4.26. The fourth-order valence-corrected chi connectivity index (χ4v) is 3.10. The van der Waals surface area contributed by atoms with E-state index in [0.29, 0.717) is 6.04 Å². The van der Waals surface area contributed by atoms with Gasteiger partial charge in [-0.25, -0.2) is 4.98 Å². The van der Waals surface area contributed by atoms with Crippen molar-refractivity contribution < 1.29 is 4.21 Å². The Balaban J connectivity index is 1.79. The normalized spacial score (nSPS) is 26.7. The maximum absolute atomic E-state index is 11.2. The van der Waals surface area contributed by atoms with Crippen molar-refractivity contribution in [3.63, 3.8) is 0 Å². The fraction of sp³-hybridized carbons (Fsp3) is 0.700. The lowest BCUT2D eigenvalue weighted by Gasteiger charge is -2.22. The molecule has 0 amide bonds. The Bertz CT molecular complexity index is 340. The molecule has 1 aromatic heterocycles. The summed E-state index contributed by atoms with van der Waals surface area (Å²) in [6.45, 7) is 0.855. The summed E-state index contributed by atoms with van der Waals surface area (Å²) < 4.78 is 13.2. The fourth-order valence-electron chi connectivity index (χ4n) is 1.80. The van der Waals surface area contributed by atoms with Crippen molar-refractivity contribution in [1.29, 1.82) is 0 Å². The maximum Gasteiger partial charge on any atom is 0.0945 e. The summed E-state index contributed by atoms with van der Waals surface area (Å²) in [5.74, 6) is 1.70. The molecule has 1 aliphatic heterocycles. The highest BCUT2D eigenvalue weighted by molar-refractivity contribution is 7.85. The highest BCUT2D eigenvalue weighted by atomic mass is 32.2. The molecule has 0 bridgehead atoms. The van der Waals surface area contributed by atoms with E-state index < -0.39 is 10.8 Å². The van der Waals surface area contributed by atoms with Crippen LogP contribution in [0, 0.1) is 0 Å². The molecular weight excluding hydrogens is 210 g/mol. The van der Waals surface area contributed by atoms with Crippen molar-refractivity contribution >= 4 is 10.8 Å². The number of nitrogens with one attached hydrogen (secondary N) is 1. The highest BCUT2D eigenvalue weighted by Gasteiger charge is 2.17. The molecule has 0 unspecified atom stereocenters. The standard InChI is InChI=1S/C10H17N3OS/c1-13-8-11-6-10(13)7-12-9-2-4-15(14)5-3-9/h6,8-9,12H,2-5,7H2,1H3. The molecule has 1 N–H and O–H groups in total. The molecule has 0 aromatic carbocycles. The molecule has 1 saturated heterocycles. The van der Waals surface area contributed by atoms with Crippen LogP contribution in [0.25, 0.3) is 0 Å². The Morgan fingerprint density at radius 3 is 2.93 bits per heavy atom. The van der Waals surface area contributed by atoms with Gasteiger partial charge in [0.1, 0.15) is 0 Å². The van der Waals surface area contributed by atoms with Gasteiger partial charge in [-0.15, -0.1) is 0 Å². The van der Waals surface area contributed by atoms with Crippen molar-refractivity contribution in [3.05, 3.63) is 18.2 Å². The molecular formula is C10H17N3OS. The Morgan fingerprint density at radius 2 is 2.33 bits per heavy atom. The van der Waals surface area contributed by atoms with Crippen molar-refractivity contribution in [3.8, 4) is 0 Å². The molecule has 4 nitrogen and oxygen atoms in total. The molecule has 1 fully saturated rings. The predicted octanol–water partition coefficient (Wildman–Crippen LogP) is 0.421. The first-order valence-electron chi connectivity index (χ1n) is 5.29. The van der Waals surface area contributed by atoms with Gasteiger partial charge in [-0.2, -0.15) is 0 Å². The number of aryl methyl sites for hydroxylation is 1. The SMILES string of the molecule is Cn1cncc1CNC1CCS(=O)CC1. The first-order valence-corrected chi connectivity index (χ1v) is 6.78. The average molecular weight is 227 g/mol. The van der Waals surface area contributed by atoms with Crippen LogP contribution in [0.3, 0.4) is 0 Å². The van der Waals surface area contributed by atoms with Crippen molar-refractivity contribution in [2.75, 3.05) is 11.5 Å². The number of hydrogen-bond donors (Lipinski definition) is 1. The van der Waals surface area contributed by atoms with Gasteiger partial charge in [0.25, 0.3) is 0 Å². The number of imidazole rings is 1. The quantitative estimate of drug-likeness (QED) is 0.814. The van der Waals surface area contributed by atoms with Crippen molar-refractivity contribution in [1.82, 2.24) is 14.9 Å². The van der Waals surface area contributed by atoms with Crippen LogP contribution >= 0.6 is 0 Å². The molecule has 84 valence electrons. The summed E-state index contributed by atoms with van der Waals surface area (Å²) in [6.07, 6.45) is 5.76. The minimum absolute atomic E-state index is 0.526. The predicted molar refractivity (Wildman–Crippen MR) is 60.9 cm³/mol. The van der Waals surface area contributed by atoms with E-state index in [-0.39, 0.29) is 0 Å². The molecule has 0 atom stereocenters. The lowest BCUT2D eigenvalue weighted by molar-refractivity contribution is 0.468. The van der Waals surface area contributed by atoms with Crippen molar-refractivity contribution in [2.24, 2.45) is 7.05 Å². The Kier molecular flexibility index (Phi) is 3.53. The minimum Gasteiger partial charge on any atom is -0.337 e. The van der Waals surface area contributed by atoms with Crippen LogP contribution in [0.1, 0.15) is 18.5 Å². The van der Waals surface area contributed by atoms with Gasteiger partial charge in [-0.3, -0.25) is 4.21 Å². The van der Waals surface area contributed by atoms with Crippen LogP contribution in [0.5, 0.6) is 0 Å². The number of hydrogen-bond acceptors (Lipinski definition) is 3. The summed E-state index contributed by atoms with van der Waals surface area (Å²) in [4.78, 5) is 4.07. The average Bonchev–Trinajstić information content (AvgIpc) is 2.63. The van der Waals surface area contributed by atoms with Crippen LogP contribution in [0.15, 0.2) is 12.5 Å². The second-order valence-corrected chi connectivity index (χ2v) is 5.70. The molecule has 2 heterocycles. The van der Waals surface area contributed by atoms with Gasteiger partial charge >= 0.3 is 0 Å². The molecule has 5 heteroatoms. The molecule has 15 heavy (non-hydrogen) atoms. The summed E-state index contributed by atoms with van der Waals surface area (Å²) in [6, 6.07) is 0.526. The van der Waals surface area contributed by atoms with E-state index in [2.05, 4.69) is 10.3 Å². The van der Waals surface area contributed by atoms with Gasteiger partial charge in [0, 0.05) is 48.1 Å².